The Morgan fingerprint density at radius 3 is 2.80 bits per heavy atom. The molecule has 4 rings (SSSR count). The number of halogens is 1. The smallest absolute Gasteiger partial charge is 0.254 e. The van der Waals surface area contributed by atoms with Crippen LogP contribution in [0, 0.1) is 0 Å². The zero-order valence-corrected chi connectivity index (χ0v) is 17.6. The zero-order chi connectivity index (χ0) is 20.9. The maximum Gasteiger partial charge on any atom is 0.254 e. The van der Waals surface area contributed by atoms with Crippen molar-refractivity contribution in [2.75, 3.05) is 13.2 Å². The number of carbonyl (C=O) groups excluding carboxylic acids is 1. The minimum absolute atomic E-state index is 0.0462. The summed E-state index contributed by atoms with van der Waals surface area (Å²) in [6.45, 7) is 3.46. The number of rotatable bonds is 7. The number of nitrogens with zero attached hydrogens (tertiary/aromatic N) is 3. The van der Waals surface area contributed by atoms with E-state index in [0.717, 1.165) is 31.4 Å². The Hall–Kier alpha value is -2.86. The molecule has 0 aliphatic carbocycles. The van der Waals surface area contributed by atoms with Gasteiger partial charge in [-0.1, -0.05) is 42.2 Å². The van der Waals surface area contributed by atoms with E-state index >= 15 is 0 Å². The lowest BCUT2D eigenvalue weighted by Crippen LogP contribution is -2.30. The molecular formula is C23H24ClN3O3. The van der Waals surface area contributed by atoms with Crippen molar-refractivity contribution in [3.63, 3.8) is 0 Å². The van der Waals surface area contributed by atoms with Gasteiger partial charge in [0.25, 0.3) is 5.91 Å². The third-order valence-electron chi connectivity index (χ3n) is 5.22. The van der Waals surface area contributed by atoms with Gasteiger partial charge < -0.3 is 14.2 Å². The highest BCUT2D eigenvalue weighted by atomic mass is 35.5. The van der Waals surface area contributed by atoms with Gasteiger partial charge in [-0.3, -0.25) is 4.79 Å². The number of hydrogen-bond donors (Lipinski definition) is 0. The van der Waals surface area contributed by atoms with Crippen LogP contribution in [0.25, 0.3) is 11.4 Å². The van der Waals surface area contributed by atoms with Gasteiger partial charge in [0.1, 0.15) is 11.8 Å². The molecule has 2 heterocycles. The van der Waals surface area contributed by atoms with Crippen LogP contribution >= 0.6 is 11.6 Å². The first kappa shape index (κ1) is 20.4. The van der Waals surface area contributed by atoms with Gasteiger partial charge in [-0.15, -0.1) is 0 Å². The van der Waals surface area contributed by atoms with Crippen LogP contribution in [0.4, 0.5) is 0 Å². The number of likely N-dealkylation sites (tertiary alicyclic amines) is 1. The van der Waals surface area contributed by atoms with Crippen molar-refractivity contribution in [3.05, 3.63) is 65.0 Å². The van der Waals surface area contributed by atoms with Crippen molar-refractivity contribution in [2.24, 2.45) is 0 Å². The highest BCUT2D eigenvalue weighted by molar-refractivity contribution is 6.33. The standard InChI is InChI=1S/C23H24ClN3O3/c1-2-3-15-29-17-12-10-16(11-13-17)23(28)27-14-6-9-20(27)22-25-21(26-30-22)18-7-4-5-8-19(18)24/h4-5,7-8,10-13,20H,2-3,6,9,14-15H2,1H3/t20-/m0/s1. The molecule has 0 N–H and O–H groups in total. The summed E-state index contributed by atoms with van der Waals surface area (Å²) in [6.07, 6.45) is 3.77. The van der Waals surface area contributed by atoms with E-state index in [0.29, 0.717) is 41.0 Å². The second-order valence-corrected chi connectivity index (χ2v) is 7.73. The summed E-state index contributed by atoms with van der Waals surface area (Å²) < 4.78 is 11.2. The van der Waals surface area contributed by atoms with E-state index in [1.807, 2.05) is 42.5 Å². The molecule has 30 heavy (non-hydrogen) atoms. The molecule has 7 heteroatoms. The van der Waals surface area contributed by atoms with Gasteiger partial charge in [-0.25, -0.2) is 0 Å². The predicted octanol–water partition coefficient (Wildman–Crippen LogP) is 5.55. The third-order valence-corrected chi connectivity index (χ3v) is 5.55. The van der Waals surface area contributed by atoms with Crippen molar-refractivity contribution in [3.8, 4) is 17.1 Å². The molecule has 1 fully saturated rings. The summed E-state index contributed by atoms with van der Waals surface area (Å²) in [5, 5.41) is 4.64. The largest absolute Gasteiger partial charge is 0.494 e. The summed E-state index contributed by atoms with van der Waals surface area (Å²) in [7, 11) is 0. The van der Waals surface area contributed by atoms with Crippen LogP contribution in [-0.4, -0.2) is 34.1 Å². The number of amides is 1. The quantitative estimate of drug-likeness (QED) is 0.464. The number of unbranched alkanes of at least 4 members (excludes halogenated alkanes) is 1. The van der Waals surface area contributed by atoms with Gasteiger partial charge in [0.15, 0.2) is 0 Å². The number of benzene rings is 2. The summed E-state index contributed by atoms with van der Waals surface area (Å²) in [5.74, 6) is 1.60. The van der Waals surface area contributed by atoms with E-state index in [2.05, 4.69) is 17.1 Å². The van der Waals surface area contributed by atoms with Crippen molar-refractivity contribution in [1.29, 1.82) is 0 Å². The SMILES string of the molecule is CCCCOc1ccc(C(=O)N2CCC[C@H]2c2nc(-c3ccccc3Cl)no2)cc1. The van der Waals surface area contributed by atoms with Crippen LogP contribution in [0.15, 0.2) is 53.1 Å². The Morgan fingerprint density at radius 2 is 2.03 bits per heavy atom. The van der Waals surface area contributed by atoms with E-state index in [1.54, 1.807) is 11.0 Å². The molecule has 0 saturated carbocycles. The lowest BCUT2D eigenvalue weighted by molar-refractivity contribution is 0.0710. The van der Waals surface area contributed by atoms with Gasteiger partial charge in [0.2, 0.25) is 11.7 Å². The molecule has 1 aliphatic rings. The lowest BCUT2D eigenvalue weighted by Gasteiger charge is -2.22. The molecule has 1 amide bonds. The van der Waals surface area contributed by atoms with E-state index in [-0.39, 0.29) is 11.9 Å². The molecule has 1 aliphatic heterocycles. The Kier molecular flexibility index (Phi) is 6.33. The molecule has 6 nitrogen and oxygen atoms in total. The normalized spacial score (nSPS) is 16.1. The Balaban J connectivity index is 1.48. The zero-order valence-electron chi connectivity index (χ0n) is 16.9. The highest BCUT2D eigenvalue weighted by Crippen LogP contribution is 2.34. The van der Waals surface area contributed by atoms with Crippen LogP contribution in [0.3, 0.4) is 0 Å². The molecule has 2 aromatic carbocycles. The van der Waals surface area contributed by atoms with Crippen molar-refractivity contribution in [1.82, 2.24) is 15.0 Å². The van der Waals surface area contributed by atoms with E-state index < -0.39 is 0 Å². The topological polar surface area (TPSA) is 68.5 Å². The van der Waals surface area contributed by atoms with E-state index in [1.165, 1.54) is 0 Å². The van der Waals surface area contributed by atoms with Crippen LogP contribution < -0.4 is 4.74 Å². The first-order valence-corrected chi connectivity index (χ1v) is 10.7. The molecule has 1 aromatic heterocycles. The Bertz CT molecular complexity index is 1000. The minimum Gasteiger partial charge on any atom is -0.494 e. The lowest BCUT2D eigenvalue weighted by atomic mass is 10.1. The summed E-state index contributed by atoms with van der Waals surface area (Å²) in [5.41, 5.74) is 1.33. The van der Waals surface area contributed by atoms with Gasteiger partial charge >= 0.3 is 0 Å². The second kappa shape index (κ2) is 9.30. The third kappa shape index (κ3) is 4.33. The maximum absolute atomic E-state index is 13.1. The fourth-order valence-electron chi connectivity index (χ4n) is 3.58. The van der Waals surface area contributed by atoms with Crippen LogP contribution in [0.2, 0.25) is 5.02 Å². The number of ether oxygens (including phenoxy) is 1. The van der Waals surface area contributed by atoms with Crippen molar-refractivity contribution in [2.45, 2.75) is 38.6 Å². The Morgan fingerprint density at radius 1 is 1.23 bits per heavy atom. The molecule has 0 unspecified atom stereocenters. The fourth-order valence-corrected chi connectivity index (χ4v) is 3.80. The molecule has 0 bridgehead atoms. The average molecular weight is 426 g/mol. The second-order valence-electron chi connectivity index (χ2n) is 7.32. The predicted molar refractivity (Wildman–Crippen MR) is 115 cm³/mol. The first-order valence-electron chi connectivity index (χ1n) is 10.3. The molecule has 156 valence electrons. The Labute approximate surface area is 180 Å². The monoisotopic (exact) mass is 425 g/mol. The van der Waals surface area contributed by atoms with Crippen molar-refractivity contribution >= 4 is 17.5 Å². The van der Waals surface area contributed by atoms with E-state index in [9.17, 15) is 4.79 Å². The van der Waals surface area contributed by atoms with Crippen LogP contribution in [0.1, 0.15) is 54.9 Å². The molecular weight excluding hydrogens is 402 g/mol. The summed E-state index contributed by atoms with van der Waals surface area (Å²) >= 11 is 6.24. The summed E-state index contributed by atoms with van der Waals surface area (Å²) in [4.78, 5) is 19.4. The number of hydrogen-bond acceptors (Lipinski definition) is 5. The molecule has 1 atom stereocenters. The van der Waals surface area contributed by atoms with Gasteiger partial charge in [-0.2, -0.15) is 4.98 Å². The fraction of sp³-hybridized carbons (Fsp3) is 0.348. The molecule has 1 saturated heterocycles. The first-order chi connectivity index (χ1) is 14.7. The van der Waals surface area contributed by atoms with Crippen LogP contribution in [0.5, 0.6) is 5.75 Å². The van der Waals surface area contributed by atoms with Crippen LogP contribution in [-0.2, 0) is 0 Å². The number of carbonyl (C=O) groups is 1. The van der Waals surface area contributed by atoms with Gasteiger partial charge in [-0.05, 0) is 55.7 Å². The molecule has 0 radical (unpaired) electrons. The minimum atomic E-state index is -0.235. The van der Waals surface area contributed by atoms with Gasteiger partial charge in [0, 0.05) is 17.7 Å². The molecule has 3 aromatic rings. The average Bonchev–Trinajstić information content (AvgIpc) is 3.44. The van der Waals surface area contributed by atoms with E-state index in [4.69, 9.17) is 20.9 Å². The van der Waals surface area contributed by atoms with Crippen molar-refractivity contribution < 1.29 is 14.1 Å². The highest BCUT2D eigenvalue weighted by Gasteiger charge is 2.34. The summed E-state index contributed by atoms with van der Waals surface area (Å²) in [6, 6.07) is 14.4. The number of aromatic nitrogens is 2. The van der Waals surface area contributed by atoms with Gasteiger partial charge in [0.05, 0.1) is 11.6 Å². The molecule has 0 spiro atoms. The maximum atomic E-state index is 13.1.